The lowest BCUT2D eigenvalue weighted by Gasteiger charge is -2.24. The maximum Gasteiger partial charge on any atom is 0.238 e. The lowest BCUT2D eigenvalue weighted by molar-refractivity contribution is -0.117. The van der Waals surface area contributed by atoms with Crippen molar-refractivity contribution in [1.29, 1.82) is 0 Å². The van der Waals surface area contributed by atoms with Gasteiger partial charge < -0.3 is 5.32 Å². The van der Waals surface area contributed by atoms with E-state index in [1.54, 1.807) is 0 Å². The Morgan fingerprint density at radius 3 is 2.91 bits per heavy atom. The number of fused-ring (bicyclic) bond motifs is 1. The highest BCUT2D eigenvalue weighted by molar-refractivity contribution is 9.10. The molecule has 0 aromatic heterocycles. The van der Waals surface area contributed by atoms with Gasteiger partial charge in [0.15, 0.2) is 0 Å². The molecule has 0 saturated heterocycles. The first-order valence-corrected chi connectivity index (χ1v) is 8.26. The number of amides is 1. The summed E-state index contributed by atoms with van der Waals surface area (Å²) in [6.07, 6.45) is 2.18. The van der Waals surface area contributed by atoms with Crippen LogP contribution in [0.15, 0.2) is 53.0 Å². The number of likely N-dealkylation sites (N-methyl/N-ethyl adjacent to an activating group) is 1. The van der Waals surface area contributed by atoms with Crippen molar-refractivity contribution in [1.82, 2.24) is 4.90 Å². The second kappa shape index (κ2) is 6.63. The topological polar surface area (TPSA) is 32.3 Å². The first-order valence-electron chi connectivity index (χ1n) is 7.47. The number of nitrogens with zero attached hydrogens (tertiary/aromatic N) is 1. The molecule has 0 aliphatic heterocycles. The van der Waals surface area contributed by atoms with Crippen LogP contribution in [0.4, 0.5) is 5.69 Å². The maximum atomic E-state index is 12.2. The largest absolute Gasteiger partial charge is 0.325 e. The number of carbonyl (C=O) groups is 1. The highest BCUT2D eigenvalue weighted by Crippen LogP contribution is 2.34. The number of hydrogen-bond donors (Lipinski definition) is 1. The van der Waals surface area contributed by atoms with Crippen LogP contribution in [0.2, 0.25) is 0 Å². The summed E-state index contributed by atoms with van der Waals surface area (Å²) in [4.78, 5) is 14.4. The van der Waals surface area contributed by atoms with Crippen molar-refractivity contribution < 1.29 is 4.79 Å². The molecular weight excluding hydrogens is 340 g/mol. The summed E-state index contributed by atoms with van der Waals surface area (Å²) >= 11 is 3.41. The van der Waals surface area contributed by atoms with E-state index in [2.05, 4.69) is 50.4 Å². The van der Waals surface area contributed by atoms with Crippen molar-refractivity contribution >= 4 is 27.5 Å². The van der Waals surface area contributed by atoms with E-state index in [-0.39, 0.29) is 5.91 Å². The molecule has 0 spiro atoms. The van der Waals surface area contributed by atoms with E-state index in [4.69, 9.17) is 0 Å². The van der Waals surface area contributed by atoms with E-state index in [1.165, 1.54) is 11.1 Å². The van der Waals surface area contributed by atoms with Gasteiger partial charge in [0.05, 0.1) is 6.54 Å². The molecule has 4 heteroatoms. The number of benzene rings is 2. The molecule has 1 N–H and O–H groups in total. The Hall–Kier alpha value is -1.65. The van der Waals surface area contributed by atoms with E-state index in [9.17, 15) is 4.79 Å². The molecule has 0 fully saturated rings. The molecule has 0 radical (unpaired) electrons. The zero-order valence-electron chi connectivity index (χ0n) is 12.6. The average molecular weight is 359 g/mol. The van der Waals surface area contributed by atoms with Gasteiger partial charge >= 0.3 is 0 Å². The van der Waals surface area contributed by atoms with E-state index >= 15 is 0 Å². The number of hydrogen-bond acceptors (Lipinski definition) is 2. The molecule has 0 unspecified atom stereocenters. The van der Waals surface area contributed by atoms with Crippen LogP contribution in [0.3, 0.4) is 0 Å². The third-order valence-corrected chi connectivity index (χ3v) is 4.63. The molecule has 3 nitrogen and oxygen atoms in total. The summed E-state index contributed by atoms with van der Waals surface area (Å²) in [7, 11) is 2.02. The molecule has 1 aliphatic rings. The molecular formula is C18H19BrN2O. The fraction of sp³-hybridized carbons (Fsp3) is 0.278. The molecule has 0 heterocycles. The van der Waals surface area contributed by atoms with Crippen molar-refractivity contribution in [2.24, 2.45) is 0 Å². The van der Waals surface area contributed by atoms with Crippen LogP contribution in [-0.2, 0) is 11.2 Å². The summed E-state index contributed by atoms with van der Waals surface area (Å²) in [5.41, 5.74) is 3.59. The Bertz CT molecular complexity index is 686. The zero-order valence-corrected chi connectivity index (χ0v) is 14.1. The van der Waals surface area contributed by atoms with Crippen molar-refractivity contribution in [3.8, 4) is 0 Å². The van der Waals surface area contributed by atoms with Gasteiger partial charge in [0.2, 0.25) is 5.91 Å². The minimum absolute atomic E-state index is 0.0185. The molecule has 114 valence electrons. The summed E-state index contributed by atoms with van der Waals surface area (Å²) < 4.78 is 0.961. The minimum atomic E-state index is 0.0185. The Labute approximate surface area is 139 Å². The second-order valence-corrected chi connectivity index (χ2v) is 6.64. The fourth-order valence-corrected chi connectivity index (χ4v) is 3.50. The maximum absolute atomic E-state index is 12.2. The molecule has 3 rings (SSSR count). The summed E-state index contributed by atoms with van der Waals surface area (Å²) in [6, 6.07) is 16.5. The molecule has 0 saturated carbocycles. The molecule has 1 aliphatic carbocycles. The van der Waals surface area contributed by atoms with Gasteiger partial charge in [-0.25, -0.2) is 0 Å². The van der Waals surface area contributed by atoms with Crippen molar-refractivity contribution in [3.05, 3.63) is 64.1 Å². The van der Waals surface area contributed by atoms with E-state index in [0.29, 0.717) is 12.6 Å². The Kier molecular flexibility index (Phi) is 4.60. The van der Waals surface area contributed by atoms with Gasteiger partial charge in [-0.1, -0.05) is 46.3 Å². The number of rotatable bonds is 4. The first kappa shape index (κ1) is 15.3. The quantitative estimate of drug-likeness (QED) is 0.895. The van der Waals surface area contributed by atoms with Crippen LogP contribution in [-0.4, -0.2) is 24.4 Å². The van der Waals surface area contributed by atoms with Crippen molar-refractivity contribution in [2.45, 2.75) is 18.9 Å². The number of anilines is 1. The van der Waals surface area contributed by atoms with Crippen LogP contribution in [0, 0.1) is 0 Å². The summed E-state index contributed by atoms with van der Waals surface area (Å²) in [5, 5.41) is 2.95. The zero-order chi connectivity index (χ0) is 15.5. The first-order chi connectivity index (χ1) is 10.6. The van der Waals surface area contributed by atoms with E-state index in [0.717, 1.165) is 23.0 Å². The van der Waals surface area contributed by atoms with Gasteiger partial charge in [0.1, 0.15) is 0 Å². The number of aryl methyl sites for hydroxylation is 1. The summed E-state index contributed by atoms with van der Waals surface area (Å²) in [6.45, 7) is 0.394. The minimum Gasteiger partial charge on any atom is -0.325 e. The Morgan fingerprint density at radius 1 is 1.27 bits per heavy atom. The number of carbonyl (C=O) groups excluding carboxylic acids is 1. The molecule has 2 aromatic rings. The van der Waals surface area contributed by atoms with Crippen LogP contribution in [0.1, 0.15) is 23.6 Å². The van der Waals surface area contributed by atoms with Gasteiger partial charge in [-0.2, -0.15) is 0 Å². The fourth-order valence-electron chi connectivity index (χ4n) is 3.10. The number of nitrogens with one attached hydrogen (secondary N) is 1. The lowest BCUT2D eigenvalue weighted by Crippen LogP contribution is -2.32. The van der Waals surface area contributed by atoms with E-state index < -0.39 is 0 Å². The normalized spacial score (nSPS) is 16.6. The summed E-state index contributed by atoms with van der Waals surface area (Å²) in [5.74, 6) is 0.0185. The molecule has 1 amide bonds. The Balaban J connectivity index is 1.62. The van der Waals surface area contributed by atoms with Gasteiger partial charge in [0.25, 0.3) is 0 Å². The SMILES string of the molecule is CN(CC(=O)Nc1cccc(Br)c1)[C@@H]1CCc2ccccc21. The van der Waals surface area contributed by atoms with Gasteiger partial charge in [-0.15, -0.1) is 0 Å². The van der Waals surface area contributed by atoms with Gasteiger partial charge in [0, 0.05) is 16.2 Å². The van der Waals surface area contributed by atoms with Crippen molar-refractivity contribution in [3.63, 3.8) is 0 Å². The van der Waals surface area contributed by atoms with Crippen LogP contribution >= 0.6 is 15.9 Å². The molecule has 1 atom stereocenters. The molecule has 2 aromatic carbocycles. The highest BCUT2D eigenvalue weighted by atomic mass is 79.9. The lowest BCUT2D eigenvalue weighted by atomic mass is 10.1. The average Bonchev–Trinajstić information content (AvgIpc) is 2.91. The molecule has 0 bridgehead atoms. The Morgan fingerprint density at radius 2 is 2.09 bits per heavy atom. The monoisotopic (exact) mass is 358 g/mol. The third kappa shape index (κ3) is 3.39. The predicted octanol–water partition coefficient (Wildman–Crippen LogP) is 4.01. The van der Waals surface area contributed by atoms with Crippen LogP contribution in [0.5, 0.6) is 0 Å². The van der Waals surface area contributed by atoms with Crippen LogP contribution in [0.25, 0.3) is 0 Å². The second-order valence-electron chi connectivity index (χ2n) is 5.73. The third-order valence-electron chi connectivity index (χ3n) is 4.13. The van der Waals surface area contributed by atoms with Gasteiger partial charge in [-0.3, -0.25) is 9.69 Å². The van der Waals surface area contributed by atoms with Gasteiger partial charge in [-0.05, 0) is 49.2 Å². The van der Waals surface area contributed by atoms with Crippen molar-refractivity contribution in [2.75, 3.05) is 18.9 Å². The smallest absolute Gasteiger partial charge is 0.238 e. The highest BCUT2D eigenvalue weighted by Gasteiger charge is 2.26. The number of halogens is 1. The predicted molar refractivity (Wildman–Crippen MR) is 92.9 cm³/mol. The standard InChI is InChI=1S/C18H19BrN2O/c1-21(17-10-9-13-5-2-3-8-16(13)17)12-18(22)20-15-7-4-6-14(19)11-15/h2-8,11,17H,9-10,12H2,1H3,(H,20,22)/t17-/m1/s1. The molecule has 22 heavy (non-hydrogen) atoms. The van der Waals surface area contributed by atoms with E-state index in [1.807, 2.05) is 31.3 Å². The van der Waals surface area contributed by atoms with Crippen LogP contribution < -0.4 is 5.32 Å².